The molecular formula is C22H27N5O3. The van der Waals surface area contributed by atoms with Gasteiger partial charge in [-0.05, 0) is 38.5 Å². The summed E-state index contributed by atoms with van der Waals surface area (Å²) in [5, 5.41) is 0. The molecular weight excluding hydrogens is 382 g/mol. The van der Waals surface area contributed by atoms with Crippen LogP contribution < -0.4 is 10.5 Å². The number of carbonyl (C=O) groups is 1. The summed E-state index contributed by atoms with van der Waals surface area (Å²) in [6, 6.07) is 7.69. The predicted octanol–water partition coefficient (Wildman–Crippen LogP) is 3.61. The fraction of sp³-hybridized carbons (Fsp3) is 0.409. The number of ether oxygens (including phenoxy) is 2. The maximum absolute atomic E-state index is 12.3. The molecule has 158 valence electrons. The van der Waals surface area contributed by atoms with Crippen LogP contribution >= 0.6 is 0 Å². The number of likely N-dealkylation sites (tertiary alicyclic amines) is 1. The third-order valence-electron chi connectivity index (χ3n) is 5.02. The first-order chi connectivity index (χ1) is 14.2. The summed E-state index contributed by atoms with van der Waals surface area (Å²) < 4.78 is 13.6. The number of carbonyl (C=O) groups excluding carboxylic acids is 1. The van der Waals surface area contributed by atoms with Crippen LogP contribution in [0.4, 0.5) is 10.5 Å². The molecule has 0 bridgehead atoms. The van der Waals surface area contributed by atoms with Gasteiger partial charge in [0, 0.05) is 37.5 Å². The number of nitrogens with two attached hydrogens (primary N) is 1. The van der Waals surface area contributed by atoms with Crippen LogP contribution in [0.3, 0.4) is 0 Å². The smallest absolute Gasteiger partial charge is 0.410 e. The molecule has 30 heavy (non-hydrogen) atoms. The maximum atomic E-state index is 12.3. The number of nitrogen functional groups attached to an aromatic ring is 1. The van der Waals surface area contributed by atoms with E-state index in [1.807, 2.05) is 62.8 Å². The van der Waals surface area contributed by atoms with E-state index >= 15 is 0 Å². The number of rotatable bonds is 3. The first-order valence-electron chi connectivity index (χ1n) is 10.0. The topological polar surface area (TPSA) is 95.5 Å². The third kappa shape index (κ3) is 4.03. The van der Waals surface area contributed by atoms with E-state index in [2.05, 4.69) is 9.97 Å². The zero-order valence-electron chi connectivity index (χ0n) is 17.8. The summed E-state index contributed by atoms with van der Waals surface area (Å²) in [4.78, 5) is 22.9. The maximum Gasteiger partial charge on any atom is 0.410 e. The van der Waals surface area contributed by atoms with Crippen molar-refractivity contribution in [2.75, 3.05) is 18.8 Å². The fourth-order valence-corrected chi connectivity index (χ4v) is 3.63. The summed E-state index contributed by atoms with van der Waals surface area (Å²) in [7, 11) is 1.95. The lowest BCUT2D eigenvalue weighted by Crippen LogP contribution is -2.36. The van der Waals surface area contributed by atoms with Gasteiger partial charge in [-0.1, -0.05) is 12.1 Å². The minimum atomic E-state index is -0.517. The molecule has 4 rings (SSSR count). The van der Waals surface area contributed by atoms with Crippen molar-refractivity contribution in [1.29, 1.82) is 0 Å². The molecule has 1 aromatic carbocycles. The average molecular weight is 409 g/mol. The highest BCUT2D eigenvalue weighted by Crippen LogP contribution is 2.33. The Hall–Kier alpha value is -3.29. The molecule has 3 heterocycles. The van der Waals surface area contributed by atoms with Crippen molar-refractivity contribution < 1.29 is 14.3 Å². The summed E-state index contributed by atoms with van der Waals surface area (Å²) in [5.74, 6) is 0.514. The van der Waals surface area contributed by atoms with Gasteiger partial charge in [-0.15, -0.1) is 0 Å². The van der Waals surface area contributed by atoms with Gasteiger partial charge in [0.05, 0.1) is 6.54 Å². The van der Waals surface area contributed by atoms with Gasteiger partial charge in [0.2, 0.25) is 5.88 Å². The SMILES string of the molecule is Cn1cc(-c2ccc(N)cc2)c2ncnc(O[C@H]3CCN(C(=O)OC(C)(C)C)C3)c21. The average Bonchev–Trinajstić information content (AvgIpc) is 3.27. The van der Waals surface area contributed by atoms with Crippen molar-refractivity contribution in [3.63, 3.8) is 0 Å². The summed E-state index contributed by atoms with van der Waals surface area (Å²) in [5.41, 5.74) is 9.66. The Morgan fingerprint density at radius 2 is 1.93 bits per heavy atom. The summed E-state index contributed by atoms with van der Waals surface area (Å²) in [6.07, 6.45) is 3.79. The Morgan fingerprint density at radius 3 is 2.63 bits per heavy atom. The van der Waals surface area contributed by atoms with Gasteiger partial charge in [-0.25, -0.2) is 9.78 Å². The van der Waals surface area contributed by atoms with Gasteiger partial charge in [0.15, 0.2) is 0 Å². The fourth-order valence-electron chi connectivity index (χ4n) is 3.63. The van der Waals surface area contributed by atoms with E-state index in [1.165, 1.54) is 6.33 Å². The van der Waals surface area contributed by atoms with Crippen molar-refractivity contribution in [1.82, 2.24) is 19.4 Å². The van der Waals surface area contributed by atoms with E-state index in [0.29, 0.717) is 24.7 Å². The minimum Gasteiger partial charge on any atom is -0.471 e. The van der Waals surface area contributed by atoms with Gasteiger partial charge < -0.3 is 24.7 Å². The van der Waals surface area contributed by atoms with Gasteiger partial charge in [0.1, 0.15) is 29.1 Å². The van der Waals surface area contributed by atoms with Crippen molar-refractivity contribution in [3.8, 4) is 17.0 Å². The lowest BCUT2D eigenvalue weighted by molar-refractivity contribution is 0.0275. The molecule has 0 saturated carbocycles. The van der Waals surface area contributed by atoms with Crippen molar-refractivity contribution in [2.45, 2.75) is 38.9 Å². The van der Waals surface area contributed by atoms with E-state index in [4.69, 9.17) is 15.2 Å². The number of aromatic nitrogens is 3. The van der Waals surface area contributed by atoms with Crippen LogP contribution in [-0.4, -0.2) is 50.3 Å². The molecule has 8 nitrogen and oxygen atoms in total. The largest absolute Gasteiger partial charge is 0.471 e. The van der Waals surface area contributed by atoms with E-state index in [9.17, 15) is 4.79 Å². The Balaban J connectivity index is 1.56. The highest BCUT2D eigenvalue weighted by molar-refractivity contribution is 5.95. The van der Waals surface area contributed by atoms with E-state index < -0.39 is 5.60 Å². The molecule has 1 aliphatic heterocycles. The molecule has 2 aromatic heterocycles. The van der Waals surface area contributed by atoms with Gasteiger partial charge >= 0.3 is 6.09 Å². The van der Waals surface area contributed by atoms with Crippen molar-refractivity contribution in [2.24, 2.45) is 7.05 Å². The van der Waals surface area contributed by atoms with Crippen LogP contribution in [0, 0.1) is 0 Å². The van der Waals surface area contributed by atoms with Crippen LogP contribution in [0.5, 0.6) is 5.88 Å². The molecule has 1 aliphatic rings. The Kier molecular flexibility index (Phi) is 5.01. The quantitative estimate of drug-likeness (QED) is 0.664. The standard InChI is InChI=1S/C22H27N5O3/c1-22(2,3)30-21(28)27-10-9-16(11-27)29-20-19-18(24-13-25-20)17(12-26(19)4)14-5-7-15(23)8-6-14/h5-8,12-13,16H,9-11,23H2,1-4H3/t16-/m0/s1. The number of fused-ring (bicyclic) bond motifs is 1. The second-order valence-corrected chi connectivity index (χ2v) is 8.61. The van der Waals surface area contributed by atoms with Crippen molar-refractivity contribution >= 4 is 22.8 Å². The van der Waals surface area contributed by atoms with E-state index in [-0.39, 0.29) is 12.2 Å². The first-order valence-corrected chi connectivity index (χ1v) is 10.0. The second-order valence-electron chi connectivity index (χ2n) is 8.61. The molecule has 1 amide bonds. The minimum absolute atomic E-state index is 0.148. The summed E-state index contributed by atoms with van der Waals surface area (Å²) >= 11 is 0. The number of benzene rings is 1. The monoisotopic (exact) mass is 409 g/mol. The van der Waals surface area contributed by atoms with Crippen LogP contribution in [0.15, 0.2) is 36.8 Å². The summed E-state index contributed by atoms with van der Waals surface area (Å²) in [6.45, 7) is 6.65. The predicted molar refractivity (Wildman–Crippen MR) is 115 cm³/mol. The van der Waals surface area contributed by atoms with Gasteiger partial charge in [-0.3, -0.25) is 0 Å². The number of nitrogens with zero attached hydrogens (tertiary/aromatic N) is 4. The van der Waals surface area contributed by atoms with Gasteiger partial charge in [-0.2, -0.15) is 4.98 Å². The highest BCUT2D eigenvalue weighted by atomic mass is 16.6. The third-order valence-corrected chi connectivity index (χ3v) is 5.02. The molecule has 0 radical (unpaired) electrons. The number of anilines is 1. The number of amides is 1. The van der Waals surface area contributed by atoms with Gasteiger partial charge in [0.25, 0.3) is 0 Å². The van der Waals surface area contributed by atoms with Crippen LogP contribution in [0.25, 0.3) is 22.2 Å². The van der Waals surface area contributed by atoms with Crippen LogP contribution in [0.2, 0.25) is 0 Å². The molecule has 0 unspecified atom stereocenters. The Morgan fingerprint density at radius 1 is 1.20 bits per heavy atom. The number of hydrogen-bond donors (Lipinski definition) is 1. The molecule has 1 saturated heterocycles. The van der Waals surface area contributed by atoms with Crippen molar-refractivity contribution in [3.05, 3.63) is 36.8 Å². The Bertz CT molecular complexity index is 1070. The Labute approximate surface area is 175 Å². The normalized spacial score (nSPS) is 16.8. The second kappa shape index (κ2) is 7.51. The van der Waals surface area contributed by atoms with E-state index in [1.54, 1.807) is 4.90 Å². The molecule has 1 fully saturated rings. The molecule has 1 atom stereocenters. The molecule has 0 spiro atoms. The first kappa shape index (κ1) is 20.0. The molecule has 0 aliphatic carbocycles. The molecule has 2 N–H and O–H groups in total. The zero-order valence-corrected chi connectivity index (χ0v) is 17.8. The van der Waals surface area contributed by atoms with Crippen LogP contribution in [-0.2, 0) is 11.8 Å². The van der Waals surface area contributed by atoms with Crippen LogP contribution in [0.1, 0.15) is 27.2 Å². The molecule has 8 heteroatoms. The molecule has 3 aromatic rings. The lowest BCUT2D eigenvalue weighted by Gasteiger charge is -2.24. The lowest BCUT2D eigenvalue weighted by atomic mass is 10.1. The number of hydrogen-bond acceptors (Lipinski definition) is 6. The van der Waals surface area contributed by atoms with E-state index in [0.717, 1.165) is 28.6 Å². The zero-order chi connectivity index (χ0) is 21.5. The highest BCUT2D eigenvalue weighted by Gasteiger charge is 2.31. The number of aryl methyl sites for hydroxylation is 1.